The molecule has 0 aliphatic rings. The van der Waals surface area contributed by atoms with E-state index in [1.807, 2.05) is 25.1 Å². The zero-order valence-corrected chi connectivity index (χ0v) is 29.2. The van der Waals surface area contributed by atoms with Crippen molar-refractivity contribution < 1.29 is 23.7 Å². The number of ether oxygens (including phenoxy) is 1. The Labute approximate surface area is 267 Å². The molecule has 44 heavy (non-hydrogen) atoms. The minimum Gasteiger partial charge on any atom is -0.468 e. The number of methoxy groups -OCH3 is 1. The van der Waals surface area contributed by atoms with Crippen LogP contribution in [0, 0.1) is 0 Å². The Bertz CT molecular complexity index is 1240. The Morgan fingerprint density at radius 3 is 1.50 bits per heavy atom. The number of aldehydes is 1. The van der Waals surface area contributed by atoms with Crippen LogP contribution in [0.2, 0.25) is 0 Å². The zero-order valence-electron chi connectivity index (χ0n) is 28.3. The topological polar surface area (TPSA) is 77.5 Å². The fourth-order valence-corrected chi connectivity index (χ4v) is 4.45. The second-order valence-electron chi connectivity index (χ2n) is 11.5. The van der Waals surface area contributed by atoms with Crippen molar-refractivity contribution >= 4 is 25.2 Å². The molecule has 5 nitrogen and oxygen atoms in total. The summed E-state index contributed by atoms with van der Waals surface area (Å²) in [5.74, 6) is -0.223. The molecule has 0 N–H and O–H groups in total. The highest BCUT2D eigenvalue weighted by Crippen LogP contribution is 2.42. The highest BCUT2D eigenvalue weighted by molar-refractivity contribution is 7.64. The molecule has 0 bridgehead atoms. The summed E-state index contributed by atoms with van der Waals surface area (Å²) < 4.78 is 15.6. The molecule has 1 unspecified atom stereocenters. The van der Waals surface area contributed by atoms with Gasteiger partial charge < -0.3 is 14.1 Å². The molecule has 2 aromatic rings. The molecule has 0 saturated heterocycles. The molecule has 0 amide bonds. The van der Waals surface area contributed by atoms with Gasteiger partial charge in [-0.25, -0.2) is 0 Å². The molecular weight excluding hydrogens is 567 g/mol. The maximum atomic E-state index is 11.2. The molecule has 0 fully saturated rings. The number of carbonyl (C=O) groups excluding carboxylic acids is 3. The van der Waals surface area contributed by atoms with Crippen molar-refractivity contribution in [3.63, 3.8) is 0 Å². The summed E-state index contributed by atoms with van der Waals surface area (Å²) in [6.45, 7) is 12.5. The average molecular weight is 623 g/mol. The van der Waals surface area contributed by atoms with Gasteiger partial charge in [-0.3, -0.25) is 9.59 Å². The van der Waals surface area contributed by atoms with Gasteiger partial charge in [-0.15, -0.1) is 0 Å². The predicted molar refractivity (Wildman–Crippen MR) is 187 cm³/mol. The van der Waals surface area contributed by atoms with E-state index in [0.717, 1.165) is 56.8 Å². The third-order valence-corrected chi connectivity index (χ3v) is 9.29. The molecule has 0 aliphatic heterocycles. The van der Waals surface area contributed by atoms with Gasteiger partial charge in [0.1, 0.15) is 11.9 Å². The molecule has 242 valence electrons. The molecule has 0 saturated carbocycles. The Morgan fingerprint density at radius 1 is 0.727 bits per heavy atom. The van der Waals surface area contributed by atoms with Crippen LogP contribution in [0.4, 0.5) is 0 Å². The van der Waals surface area contributed by atoms with Crippen molar-refractivity contribution in [3.8, 4) is 0 Å². The normalized spacial score (nSPS) is 12.6. The molecule has 1 atom stereocenters. The quantitative estimate of drug-likeness (QED) is 0.0650. The number of benzene rings is 2. The van der Waals surface area contributed by atoms with Crippen LogP contribution in [-0.4, -0.2) is 44.1 Å². The summed E-state index contributed by atoms with van der Waals surface area (Å²) >= 11 is 0. The van der Waals surface area contributed by atoms with Crippen LogP contribution in [0.25, 0.3) is 0 Å². The van der Waals surface area contributed by atoms with Crippen LogP contribution in [0.15, 0.2) is 95.6 Å². The van der Waals surface area contributed by atoms with E-state index in [1.165, 1.54) is 29.4 Å². The molecule has 0 spiro atoms. The lowest BCUT2D eigenvalue weighted by Gasteiger charge is -2.12. The van der Waals surface area contributed by atoms with Gasteiger partial charge >= 0.3 is 5.97 Å². The van der Waals surface area contributed by atoms with Crippen molar-refractivity contribution in [2.75, 3.05) is 20.4 Å². The van der Waals surface area contributed by atoms with Gasteiger partial charge in [0.25, 0.3) is 0 Å². The first kappa shape index (κ1) is 40.7. The smallest absolute Gasteiger partial charge is 0.315 e. The van der Waals surface area contributed by atoms with Gasteiger partial charge in [0.15, 0.2) is 5.78 Å². The summed E-state index contributed by atoms with van der Waals surface area (Å²) in [4.78, 5) is 32.0. The molecule has 6 heteroatoms. The summed E-state index contributed by atoms with van der Waals surface area (Å²) in [5, 5.41) is 0. The van der Waals surface area contributed by atoms with Gasteiger partial charge in [-0.1, -0.05) is 90.0 Å². The van der Waals surface area contributed by atoms with Gasteiger partial charge in [0, 0.05) is 6.42 Å². The van der Waals surface area contributed by atoms with E-state index in [9.17, 15) is 18.9 Å². The largest absolute Gasteiger partial charge is 0.468 e. The Kier molecular flexibility index (Phi) is 22.3. The van der Waals surface area contributed by atoms with Gasteiger partial charge in [-0.2, -0.15) is 0 Å². The minimum absolute atomic E-state index is 0.172. The fraction of sp³-hybridized carbons (Fsp3) is 0.447. The number of aryl methyl sites for hydroxylation is 2. The maximum absolute atomic E-state index is 11.2. The lowest BCUT2D eigenvalue weighted by Crippen LogP contribution is -2.17. The molecule has 2 rings (SSSR count). The molecule has 0 heterocycles. The predicted octanol–water partition coefficient (Wildman–Crippen LogP) is 9.60. The summed E-state index contributed by atoms with van der Waals surface area (Å²) in [5.41, 5.74) is 5.88. The first-order valence-electron chi connectivity index (χ1n) is 15.4. The zero-order chi connectivity index (χ0) is 33.4. The highest BCUT2D eigenvalue weighted by Gasteiger charge is 2.25. The number of ketones is 1. The van der Waals surface area contributed by atoms with Crippen LogP contribution in [0.5, 0.6) is 0 Å². The lowest BCUT2D eigenvalue weighted by molar-refractivity contribution is -0.139. The van der Waals surface area contributed by atoms with Crippen molar-refractivity contribution in [3.05, 3.63) is 107 Å². The molecular formula is C38H55O5P. The summed E-state index contributed by atoms with van der Waals surface area (Å²) in [6, 6.07) is 21.0. The first-order chi connectivity index (χ1) is 20.8. The van der Waals surface area contributed by atoms with Gasteiger partial charge in [-0.05, 0) is 110 Å². The van der Waals surface area contributed by atoms with Crippen molar-refractivity contribution in [1.82, 2.24) is 0 Å². The maximum Gasteiger partial charge on any atom is 0.315 e. The molecule has 0 radical (unpaired) electrons. The molecule has 0 aliphatic carbocycles. The summed E-state index contributed by atoms with van der Waals surface area (Å²) in [7, 11) is -1.00. The minimum atomic E-state index is -2.30. The number of esters is 1. The van der Waals surface area contributed by atoms with E-state index in [1.54, 1.807) is 27.2 Å². The number of hydrogen-bond acceptors (Lipinski definition) is 5. The van der Waals surface area contributed by atoms with Crippen LogP contribution >= 0.6 is 7.14 Å². The van der Waals surface area contributed by atoms with Crippen molar-refractivity contribution in [1.29, 1.82) is 0 Å². The monoisotopic (exact) mass is 622 g/mol. The van der Waals surface area contributed by atoms with Gasteiger partial charge in [0.2, 0.25) is 0 Å². The van der Waals surface area contributed by atoms with E-state index >= 15 is 0 Å². The van der Waals surface area contributed by atoms with Crippen molar-refractivity contribution in [2.24, 2.45) is 0 Å². The van der Waals surface area contributed by atoms with Gasteiger partial charge in [0.05, 0.1) is 14.3 Å². The van der Waals surface area contributed by atoms with E-state index in [2.05, 4.69) is 79.3 Å². The average Bonchev–Trinajstić information content (AvgIpc) is 3.00. The van der Waals surface area contributed by atoms with E-state index < -0.39 is 18.8 Å². The third-order valence-electron chi connectivity index (χ3n) is 7.21. The van der Waals surface area contributed by atoms with Crippen LogP contribution < -0.4 is 0 Å². The Balaban J connectivity index is 0.000000663. The van der Waals surface area contributed by atoms with E-state index in [4.69, 9.17) is 0 Å². The molecule has 0 aromatic heterocycles. The van der Waals surface area contributed by atoms with E-state index in [-0.39, 0.29) is 5.78 Å². The second-order valence-corrected chi connectivity index (χ2v) is 15.1. The Morgan fingerprint density at radius 2 is 1.16 bits per heavy atom. The number of Topliss-reactive ketones (excluding diaryl/α,β-unsaturated/α-hetero) is 1. The first-order valence-corrected chi connectivity index (χ1v) is 18.1. The number of allylic oxidation sites excluding steroid dienone is 6. The van der Waals surface area contributed by atoms with E-state index in [0.29, 0.717) is 6.42 Å². The SMILES string of the molecule is C/C(=C\CCc1ccccc1)CCC=O.CC(=O)/C(C)=C\CC/C(C)=C/CCc1ccccc1.COC(=O)C(C)P(C)(C)=O. The van der Waals surface area contributed by atoms with Crippen LogP contribution in [-0.2, 0) is 36.5 Å². The lowest BCUT2D eigenvalue weighted by atomic mass is 10.1. The Hall–Kier alpha value is -3.30. The fourth-order valence-electron chi connectivity index (χ4n) is 3.84. The molecule has 2 aromatic carbocycles. The number of carbonyl (C=O) groups is 3. The standard InChI is InChI=1S/C18H24O.C14H18O.C6H13O3P/c1-15(9-7-11-16(2)17(3)19)10-8-14-18-12-5-4-6-13-18;1-13(8-6-12-15)7-5-11-14-9-3-2-4-10-14;1-5(6(7)9-2)10(3,4)8/h4-6,10-13H,7-9,14H2,1-3H3;2-4,7,9-10,12H,5-6,8,11H2,1H3;5H,1-4H3/b15-10+,16-11-;13-7+;. The second kappa shape index (κ2) is 24.1. The highest BCUT2D eigenvalue weighted by atomic mass is 31.2. The third kappa shape index (κ3) is 21.4. The number of rotatable bonds is 15. The van der Waals surface area contributed by atoms with Crippen LogP contribution in [0.3, 0.4) is 0 Å². The number of hydrogen-bond donors (Lipinski definition) is 0. The summed E-state index contributed by atoms with van der Waals surface area (Å²) in [6.07, 6.45) is 15.4. The van der Waals surface area contributed by atoms with Crippen LogP contribution in [0.1, 0.15) is 84.3 Å². The van der Waals surface area contributed by atoms with Crippen molar-refractivity contribution in [2.45, 2.75) is 91.6 Å².